The fraction of sp³-hybridized carbons (Fsp3) is 0.350. The Bertz CT molecular complexity index is 888. The van der Waals surface area contributed by atoms with Gasteiger partial charge in [0, 0.05) is 18.1 Å². The van der Waals surface area contributed by atoms with E-state index in [0.29, 0.717) is 6.04 Å². The molecular formula is C20H22ClN3O. The number of halogens is 1. The summed E-state index contributed by atoms with van der Waals surface area (Å²) in [6, 6.07) is 14.8. The topological polar surface area (TPSA) is 30.3 Å². The molecule has 4 rings (SSSR count). The van der Waals surface area contributed by atoms with Gasteiger partial charge in [-0.1, -0.05) is 23.7 Å². The molecule has 1 unspecified atom stereocenters. The summed E-state index contributed by atoms with van der Waals surface area (Å²) in [7, 11) is 3.78. The number of imidazole rings is 1. The van der Waals surface area contributed by atoms with Crippen LogP contribution in [0.4, 0.5) is 0 Å². The van der Waals surface area contributed by atoms with Crippen molar-refractivity contribution in [2.45, 2.75) is 25.4 Å². The van der Waals surface area contributed by atoms with Gasteiger partial charge in [0.25, 0.3) is 0 Å². The predicted octanol–water partition coefficient (Wildman–Crippen LogP) is 4.57. The number of likely N-dealkylation sites (tertiary alicyclic amines) is 1. The zero-order valence-electron chi connectivity index (χ0n) is 14.6. The third kappa shape index (κ3) is 3.12. The fourth-order valence-corrected chi connectivity index (χ4v) is 3.93. The molecule has 25 heavy (non-hydrogen) atoms. The second kappa shape index (κ2) is 6.70. The molecule has 0 N–H and O–H groups in total. The maximum atomic E-state index is 6.11. The number of aryl methyl sites for hydroxylation is 1. The van der Waals surface area contributed by atoms with Crippen molar-refractivity contribution in [3.63, 3.8) is 0 Å². The first-order valence-electron chi connectivity index (χ1n) is 8.64. The highest BCUT2D eigenvalue weighted by atomic mass is 35.5. The van der Waals surface area contributed by atoms with Crippen LogP contribution in [0.15, 0.2) is 42.5 Å². The molecule has 4 nitrogen and oxygen atoms in total. The lowest BCUT2D eigenvalue weighted by Gasteiger charge is -2.24. The molecule has 5 heteroatoms. The number of hydrogen-bond donors (Lipinski definition) is 0. The zero-order chi connectivity index (χ0) is 17.4. The normalized spacial score (nSPS) is 18.1. The lowest BCUT2D eigenvalue weighted by atomic mass is 10.0. The van der Waals surface area contributed by atoms with Crippen LogP contribution in [0.1, 0.15) is 30.3 Å². The number of nitrogens with zero attached hydrogens (tertiary/aromatic N) is 3. The van der Waals surface area contributed by atoms with Crippen molar-refractivity contribution in [1.82, 2.24) is 14.5 Å². The van der Waals surface area contributed by atoms with Crippen LogP contribution in [-0.4, -0.2) is 28.1 Å². The van der Waals surface area contributed by atoms with Crippen molar-refractivity contribution in [3.05, 3.63) is 58.9 Å². The molecular weight excluding hydrogens is 334 g/mol. The van der Waals surface area contributed by atoms with Gasteiger partial charge in [-0.3, -0.25) is 4.90 Å². The minimum Gasteiger partial charge on any atom is -0.497 e. The third-order valence-electron chi connectivity index (χ3n) is 5.14. The van der Waals surface area contributed by atoms with E-state index in [1.807, 2.05) is 30.3 Å². The zero-order valence-corrected chi connectivity index (χ0v) is 15.3. The summed E-state index contributed by atoms with van der Waals surface area (Å²) in [4.78, 5) is 7.33. The number of rotatable bonds is 4. The maximum absolute atomic E-state index is 6.11. The lowest BCUT2D eigenvalue weighted by Crippen LogP contribution is -2.24. The SMILES string of the molecule is COc1ccc(C2CCCN2Cc2nc3cc(Cl)ccc3n2C)cc1. The molecule has 0 saturated carbocycles. The van der Waals surface area contributed by atoms with Gasteiger partial charge in [0.1, 0.15) is 11.6 Å². The summed E-state index contributed by atoms with van der Waals surface area (Å²) in [6.45, 7) is 1.94. The molecule has 1 atom stereocenters. The van der Waals surface area contributed by atoms with Gasteiger partial charge in [-0.25, -0.2) is 4.98 Å². The Balaban J connectivity index is 1.59. The molecule has 130 valence electrons. The van der Waals surface area contributed by atoms with E-state index < -0.39 is 0 Å². The van der Waals surface area contributed by atoms with Crippen LogP contribution in [0.3, 0.4) is 0 Å². The monoisotopic (exact) mass is 355 g/mol. The number of aromatic nitrogens is 2. The molecule has 1 fully saturated rings. The van der Waals surface area contributed by atoms with Crippen molar-refractivity contribution in [3.8, 4) is 5.75 Å². The number of ether oxygens (including phenoxy) is 1. The van der Waals surface area contributed by atoms with E-state index in [0.717, 1.165) is 40.7 Å². The average molecular weight is 356 g/mol. The minimum absolute atomic E-state index is 0.439. The quantitative estimate of drug-likeness (QED) is 0.686. The van der Waals surface area contributed by atoms with E-state index >= 15 is 0 Å². The molecule has 2 aromatic carbocycles. The highest BCUT2D eigenvalue weighted by Gasteiger charge is 2.27. The summed E-state index contributed by atoms with van der Waals surface area (Å²) < 4.78 is 7.45. The third-order valence-corrected chi connectivity index (χ3v) is 5.38. The number of methoxy groups -OCH3 is 1. The van der Waals surface area contributed by atoms with Gasteiger partial charge < -0.3 is 9.30 Å². The fourth-order valence-electron chi connectivity index (χ4n) is 3.76. The van der Waals surface area contributed by atoms with Crippen LogP contribution >= 0.6 is 11.6 Å². The molecule has 1 aliphatic heterocycles. The maximum Gasteiger partial charge on any atom is 0.123 e. The highest BCUT2D eigenvalue weighted by Crippen LogP contribution is 2.34. The standard InChI is InChI=1S/C20H22ClN3O/c1-23-19-10-7-15(21)12-17(19)22-20(23)13-24-11-3-4-18(24)14-5-8-16(25-2)9-6-14/h5-10,12,18H,3-4,11,13H2,1-2H3. The molecule has 0 bridgehead atoms. The van der Waals surface area contributed by atoms with E-state index in [4.69, 9.17) is 21.3 Å². The Morgan fingerprint density at radius 2 is 2.00 bits per heavy atom. The van der Waals surface area contributed by atoms with Gasteiger partial charge in [0.15, 0.2) is 0 Å². The van der Waals surface area contributed by atoms with E-state index in [1.165, 1.54) is 18.4 Å². The number of benzene rings is 2. The molecule has 0 aliphatic carbocycles. The Morgan fingerprint density at radius 1 is 1.20 bits per heavy atom. The number of fused-ring (bicyclic) bond motifs is 1. The minimum atomic E-state index is 0.439. The molecule has 2 heterocycles. The summed E-state index contributed by atoms with van der Waals surface area (Å²) in [5, 5.41) is 0.731. The van der Waals surface area contributed by atoms with Gasteiger partial charge in [-0.15, -0.1) is 0 Å². The second-order valence-electron chi connectivity index (χ2n) is 6.62. The first-order valence-corrected chi connectivity index (χ1v) is 9.02. The van der Waals surface area contributed by atoms with E-state index in [1.54, 1.807) is 7.11 Å². The Morgan fingerprint density at radius 3 is 2.76 bits per heavy atom. The van der Waals surface area contributed by atoms with Crippen LogP contribution in [-0.2, 0) is 13.6 Å². The molecule has 0 amide bonds. The van der Waals surface area contributed by atoms with Crippen molar-refractivity contribution in [1.29, 1.82) is 0 Å². The van der Waals surface area contributed by atoms with Crippen LogP contribution < -0.4 is 4.74 Å². The van der Waals surface area contributed by atoms with Crippen LogP contribution in [0.5, 0.6) is 5.75 Å². The summed E-state index contributed by atoms with van der Waals surface area (Å²) in [5.74, 6) is 1.98. The van der Waals surface area contributed by atoms with Gasteiger partial charge in [0.05, 0.1) is 24.7 Å². The van der Waals surface area contributed by atoms with Gasteiger partial charge in [0.2, 0.25) is 0 Å². The first kappa shape index (κ1) is 16.4. The molecule has 1 saturated heterocycles. The summed E-state index contributed by atoms with van der Waals surface area (Å²) in [6.07, 6.45) is 2.40. The predicted molar refractivity (Wildman–Crippen MR) is 101 cm³/mol. The summed E-state index contributed by atoms with van der Waals surface area (Å²) in [5.41, 5.74) is 3.44. The van der Waals surface area contributed by atoms with Gasteiger partial charge >= 0.3 is 0 Å². The van der Waals surface area contributed by atoms with Crippen molar-refractivity contribution < 1.29 is 4.74 Å². The van der Waals surface area contributed by atoms with Gasteiger partial charge in [-0.2, -0.15) is 0 Å². The molecule has 3 aromatic rings. The summed E-state index contributed by atoms with van der Waals surface area (Å²) >= 11 is 6.11. The molecule has 1 aromatic heterocycles. The number of hydrogen-bond acceptors (Lipinski definition) is 3. The van der Waals surface area contributed by atoms with Crippen molar-refractivity contribution >= 4 is 22.6 Å². The van der Waals surface area contributed by atoms with Crippen molar-refractivity contribution in [2.24, 2.45) is 7.05 Å². The van der Waals surface area contributed by atoms with Crippen LogP contribution in [0, 0.1) is 0 Å². The van der Waals surface area contributed by atoms with Crippen LogP contribution in [0.2, 0.25) is 5.02 Å². The van der Waals surface area contributed by atoms with E-state index in [2.05, 4.69) is 28.6 Å². The second-order valence-corrected chi connectivity index (χ2v) is 7.06. The molecule has 0 radical (unpaired) electrons. The molecule has 0 spiro atoms. The highest BCUT2D eigenvalue weighted by molar-refractivity contribution is 6.31. The van der Waals surface area contributed by atoms with Crippen molar-refractivity contribution in [2.75, 3.05) is 13.7 Å². The van der Waals surface area contributed by atoms with E-state index in [-0.39, 0.29) is 0 Å². The smallest absolute Gasteiger partial charge is 0.123 e. The molecule has 1 aliphatic rings. The lowest BCUT2D eigenvalue weighted by molar-refractivity contribution is 0.240. The van der Waals surface area contributed by atoms with E-state index in [9.17, 15) is 0 Å². The Labute approximate surface area is 153 Å². The average Bonchev–Trinajstić information content (AvgIpc) is 3.20. The van der Waals surface area contributed by atoms with Crippen LogP contribution in [0.25, 0.3) is 11.0 Å². The first-order chi connectivity index (χ1) is 12.2. The Hall–Kier alpha value is -2.04. The Kier molecular flexibility index (Phi) is 4.40. The van der Waals surface area contributed by atoms with Gasteiger partial charge in [-0.05, 0) is 55.3 Å². The largest absolute Gasteiger partial charge is 0.497 e.